The Morgan fingerprint density at radius 1 is 0.519 bits per heavy atom. The van der Waals surface area contributed by atoms with Crippen molar-refractivity contribution in [3.8, 4) is 0 Å². The molecule has 0 bridgehead atoms. The summed E-state index contributed by atoms with van der Waals surface area (Å²) in [6.45, 7) is 27.3. The van der Waals surface area contributed by atoms with Crippen molar-refractivity contribution < 1.29 is 0 Å². The van der Waals surface area contributed by atoms with Crippen LogP contribution in [-0.4, -0.2) is 23.1 Å². The smallest absolute Gasteiger partial charge is 0.213 e. The Morgan fingerprint density at radius 3 is 0.926 bits per heavy atom. The second-order valence-electron chi connectivity index (χ2n) is 11.7. The second kappa shape index (κ2) is 8.87. The van der Waals surface area contributed by atoms with Gasteiger partial charge in [0.15, 0.2) is 0 Å². The van der Waals surface area contributed by atoms with E-state index in [0.717, 1.165) is 0 Å². The van der Waals surface area contributed by atoms with Crippen molar-refractivity contribution in [3.63, 3.8) is 0 Å². The maximum absolute atomic E-state index is 2.28. The molecule has 0 radical (unpaired) electrons. The summed E-state index contributed by atoms with van der Waals surface area (Å²) >= 11 is 0. The van der Waals surface area contributed by atoms with Gasteiger partial charge in [0.05, 0.1) is 0 Å². The molecule has 0 aliphatic carbocycles. The Labute approximate surface area is 186 Å². The number of rotatable bonds is 0. The zero-order chi connectivity index (χ0) is 20.6. The van der Waals surface area contributed by atoms with Gasteiger partial charge in [0, 0.05) is 0 Å². The van der Waals surface area contributed by atoms with E-state index in [0.29, 0.717) is 0 Å². The van der Waals surface area contributed by atoms with Gasteiger partial charge in [0.2, 0.25) is 0 Å². The van der Waals surface area contributed by atoms with Crippen molar-refractivity contribution in [1.82, 2.24) is 0 Å². The number of hydrogen-bond donors (Lipinski definition) is 0. The van der Waals surface area contributed by atoms with Crippen LogP contribution in [0.5, 0.6) is 0 Å². The van der Waals surface area contributed by atoms with Crippen LogP contribution in [0, 0.1) is 0 Å². The average Bonchev–Trinajstić information content (AvgIpc) is 3.06. The molecule has 0 aliphatic rings. The predicted molar refractivity (Wildman–Crippen MR) is 125 cm³/mol. The second-order valence-corrected chi connectivity index (χ2v) is 11.7. The SMILES string of the molecule is CC(C)(C)c1ccc[c-]1C(C)(C)C.CC(C)(C)c1ccc[c-]1C(C)(C)C.[Mg+2]. The maximum Gasteiger partial charge on any atom is 2.00 e. The Kier molecular flexibility index (Phi) is 8.69. The molecule has 0 amide bonds. The molecule has 2 aromatic carbocycles. The molecule has 0 aliphatic heterocycles. The summed E-state index contributed by atoms with van der Waals surface area (Å²) < 4.78 is 0. The first-order valence-corrected chi connectivity index (χ1v) is 9.99. The monoisotopic (exact) mass is 378 g/mol. The topological polar surface area (TPSA) is 0 Å². The Bertz CT molecular complexity index is 563. The summed E-state index contributed by atoms with van der Waals surface area (Å²) in [7, 11) is 0. The third-order valence-corrected chi connectivity index (χ3v) is 4.86. The van der Waals surface area contributed by atoms with Crippen LogP contribution < -0.4 is 0 Å². The molecule has 0 spiro atoms. The van der Waals surface area contributed by atoms with E-state index in [1.807, 2.05) is 0 Å². The molecular formula is C26H42Mg. The van der Waals surface area contributed by atoms with E-state index in [1.165, 1.54) is 22.3 Å². The van der Waals surface area contributed by atoms with Gasteiger partial charge in [0.1, 0.15) is 0 Å². The van der Waals surface area contributed by atoms with Crippen LogP contribution in [0.1, 0.15) is 105 Å². The molecule has 2 rings (SSSR count). The van der Waals surface area contributed by atoms with Crippen molar-refractivity contribution >= 4 is 23.1 Å². The first-order chi connectivity index (χ1) is 11.5. The number of hydrogen-bond acceptors (Lipinski definition) is 0. The summed E-state index contributed by atoms with van der Waals surface area (Å²) in [5, 5.41) is 0. The Hall–Kier alpha value is -0.534. The van der Waals surface area contributed by atoms with E-state index in [4.69, 9.17) is 0 Å². The van der Waals surface area contributed by atoms with Crippen molar-refractivity contribution in [2.45, 2.75) is 105 Å². The van der Waals surface area contributed by atoms with Gasteiger partial charge < -0.3 is 0 Å². The molecule has 0 aromatic heterocycles. The van der Waals surface area contributed by atoms with Crippen LogP contribution in [0.3, 0.4) is 0 Å². The van der Waals surface area contributed by atoms with E-state index >= 15 is 0 Å². The molecule has 0 fully saturated rings. The largest absolute Gasteiger partial charge is 2.00 e. The van der Waals surface area contributed by atoms with Crippen LogP contribution in [-0.2, 0) is 21.7 Å². The molecule has 0 saturated carbocycles. The molecule has 0 saturated heterocycles. The molecule has 148 valence electrons. The molecule has 0 heterocycles. The third-order valence-electron chi connectivity index (χ3n) is 4.86. The van der Waals surface area contributed by atoms with Crippen molar-refractivity contribution in [1.29, 1.82) is 0 Å². The normalized spacial score (nSPS) is 12.9. The Morgan fingerprint density at radius 2 is 0.778 bits per heavy atom. The van der Waals surface area contributed by atoms with Gasteiger partial charge in [-0.2, -0.15) is 23.3 Å². The zero-order valence-electron chi connectivity index (χ0n) is 20.2. The predicted octanol–water partition coefficient (Wildman–Crippen LogP) is 7.62. The summed E-state index contributed by atoms with van der Waals surface area (Å²) in [6, 6.07) is 13.3. The van der Waals surface area contributed by atoms with E-state index in [1.54, 1.807) is 0 Å². The van der Waals surface area contributed by atoms with Crippen LogP contribution in [0.15, 0.2) is 36.4 Å². The van der Waals surface area contributed by atoms with Crippen molar-refractivity contribution in [3.05, 3.63) is 58.7 Å². The van der Waals surface area contributed by atoms with Gasteiger partial charge in [-0.15, -0.1) is 11.1 Å². The molecule has 27 heavy (non-hydrogen) atoms. The van der Waals surface area contributed by atoms with Crippen molar-refractivity contribution in [2.75, 3.05) is 0 Å². The minimum Gasteiger partial charge on any atom is -0.213 e. The maximum atomic E-state index is 2.28. The van der Waals surface area contributed by atoms with Crippen LogP contribution >= 0.6 is 0 Å². The van der Waals surface area contributed by atoms with Crippen molar-refractivity contribution in [2.24, 2.45) is 0 Å². The molecular weight excluding hydrogens is 337 g/mol. The van der Waals surface area contributed by atoms with Gasteiger partial charge in [-0.3, -0.25) is 0 Å². The van der Waals surface area contributed by atoms with E-state index in [9.17, 15) is 0 Å². The summed E-state index contributed by atoms with van der Waals surface area (Å²) in [5.41, 5.74) is 7.02. The molecule has 0 N–H and O–H groups in total. The van der Waals surface area contributed by atoms with Gasteiger partial charge >= 0.3 is 23.1 Å². The average molecular weight is 379 g/mol. The van der Waals surface area contributed by atoms with E-state index < -0.39 is 0 Å². The van der Waals surface area contributed by atoms with E-state index in [-0.39, 0.29) is 44.7 Å². The third kappa shape index (κ3) is 7.42. The van der Waals surface area contributed by atoms with Gasteiger partial charge in [0.25, 0.3) is 0 Å². The summed E-state index contributed by atoms with van der Waals surface area (Å²) in [4.78, 5) is 0. The van der Waals surface area contributed by atoms with Gasteiger partial charge in [-0.05, 0) is 10.8 Å². The minimum atomic E-state index is 0. The zero-order valence-corrected chi connectivity index (χ0v) is 21.6. The quantitative estimate of drug-likeness (QED) is 0.326. The summed E-state index contributed by atoms with van der Waals surface area (Å²) in [5.74, 6) is 0. The fraction of sp³-hybridized carbons (Fsp3) is 0.615. The van der Waals surface area contributed by atoms with Gasteiger partial charge in [-0.25, -0.2) is 24.3 Å². The first-order valence-electron chi connectivity index (χ1n) is 9.99. The van der Waals surface area contributed by atoms with Crippen LogP contribution in [0.25, 0.3) is 0 Å². The molecule has 0 nitrogen and oxygen atoms in total. The minimum absolute atomic E-state index is 0. The molecule has 0 unspecified atom stereocenters. The fourth-order valence-corrected chi connectivity index (χ4v) is 3.46. The molecule has 2 aromatic rings. The summed E-state index contributed by atoms with van der Waals surface area (Å²) in [6.07, 6.45) is 0. The molecule has 1 heteroatoms. The first kappa shape index (κ1) is 26.5. The van der Waals surface area contributed by atoms with Crippen LogP contribution in [0.4, 0.5) is 0 Å². The molecule has 0 atom stereocenters. The van der Waals surface area contributed by atoms with Gasteiger partial charge in [-0.1, -0.05) is 93.9 Å². The standard InChI is InChI=1S/2C13H21.Mg/c2*1-12(2,3)10-8-7-9-11(10)13(4,5)6;/h2*7-9H,1-6H3;/q2*-1;+2. The van der Waals surface area contributed by atoms with E-state index in [2.05, 4.69) is 119 Å². The van der Waals surface area contributed by atoms with Crippen LogP contribution in [0.2, 0.25) is 0 Å². The fourth-order valence-electron chi connectivity index (χ4n) is 3.46. The Balaban J connectivity index is 0.000000483.